The minimum Gasteiger partial charge on any atom is -0.320 e. The molecule has 0 aromatic rings. The van der Waals surface area contributed by atoms with E-state index < -0.39 is 10.2 Å². The van der Waals surface area contributed by atoms with Crippen molar-refractivity contribution in [3.05, 3.63) is 0 Å². The molecular formula is C7H19N3O2S. The van der Waals surface area contributed by atoms with Gasteiger partial charge in [0, 0.05) is 6.54 Å². The van der Waals surface area contributed by atoms with Gasteiger partial charge in [0.1, 0.15) is 0 Å². The Morgan fingerprint density at radius 1 is 1.31 bits per heavy atom. The van der Waals surface area contributed by atoms with Crippen LogP contribution in [0.15, 0.2) is 0 Å². The minimum absolute atomic E-state index is 0.420. The van der Waals surface area contributed by atoms with Gasteiger partial charge in [-0.05, 0) is 32.4 Å². The highest BCUT2D eigenvalue weighted by atomic mass is 32.2. The van der Waals surface area contributed by atoms with Crippen LogP contribution in [0.4, 0.5) is 0 Å². The molecule has 1 unspecified atom stereocenters. The third kappa shape index (κ3) is 9.75. The van der Waals surface area contributed by atoms with Gasteiger partial charge >= 0.3 is 0 Å². The molecule has 4 N–H and O–H groups in total. The van der Waals surface area contributed by atoms with E-state index in [2.05, 4.69) is 17.0 Å². The van der Waals surface area contributed by atoms with Gasteiger partial charge in [0.25, 0.3) is 10.2 Å². The lowest BCUT2D eigenvalue weighted by molar-refractivity contribution is 0.477. The van der Waals surface area contributed by atoms with Crippen molar-refractivity contribution in [2.45, 2.75) is 19.8 Å². The highest BCUT2D eigenvalue weighted by molar-refractivity contribution is 7.87. The van der Waals surface area contributed by atoms with Crippen LogP contribution in [0.2, 0.25) is 0 Å². The minimum atomic E-state index is -3.51. The zero-order chi connectivity index (χ0) is 10.3. The summed E-state index contributed by atoms with van der Waals surface area (Å²) in [5.41, 5.74) is 0. The first-order valence-electron chi connectivity index (χ1n) is 4.37. The van der Waals surface area contributed by atoms with Gasteiger partial charge in [-0.15, -0.1) is 0 Å². The highest BCUT2D eigenvalue weighted by Crippen LogP contribution is 2.04. The summed E-state index contributed by atoms with van der Waals surface area (Å²) in [6.45, 7) is 3.46. The summed E-state index contributed by atoms with van der Waals surface area (Å²) in [4.78, 5) is 0. The Kier molecular flexibility index (Phi) is 6.23. The number of nitrogens with two attached hydrogens (primary N) is 1. The van der Waals surface area contributed by atoms with Crippen molar-refractivity contribution >= 4 is 10.2 Å². The average molecular weight is 209 g/mol. The molecule has 0 fully saturated rings. The molecule has 0 saturated carbocycles. The van der Waals surface area contributed by atoms with Gasteiger partial charge in [-0.1, -0.05) is 6.92 Å². The summed E-state index contributed by atoms with van der Waals surface area (Å²) in [7, 11) is -1.61. The van der Waals surface area contributed by atoms with Crippen LogP contribution < -0.4 is 15.2 Å². The maximum Gasteiger partial charge on any atom is 0.274 e. The summed E-state index contributed by atoms with van der Waals surface area (Å²) in [5.74, 6) is 0.502. The lowest BCUT2D eigenvalue weighted by Crippen LogP contribution is -2.32. The molecule has 0 aliphatic carbocycles. The van der Waals surface area contributed by atoms with Crippen molar-refractivity contribution < 1.29 is 8.42 Å². The third-order valence-corrected chi connectivity index (χ3v) is 2.43. The van der Waals surface area contributed by atoms with Crippen LogP contribution in [-0.2, 0) is 10.2 Å². The Morgan fingerprint density at radius 2 is 1.85 bits per heavy atom. The van der Waals surface area contributed by atoms with Crippen molar-refractivity contribution in [1.29, 1.82) is 0 Å². The van der Waals surface area contributed by atoms with Crippen molar-refractivity contribution in [2.24, 2.45) is 11.1 Å². The monoisotopic (exact) mass is 209 g/mol. The lowest BCUT2D eigenvalue weighted by atomic mass is 10.0. The normalized spacial score (nSPS) is 14.4. The SMILES string of the molecule is CNCCC(C)CCNS(N)(=O)=O. The molecule has 0 spiro atoms. The van der Waals surface area contributed by atoms with Gasteiger partial charge in [-0.2, -0.15) is 8.42 Å². The van der Waals surface area contributed by atoms with Crippen molar-refractivity contribution in [2.75, 3.05) is 20.1 Å². The van der Waals surface area contributed by atoms with Gasteiger partial charge in [0.2, 0.25) is 0 Å². The van der Waals surface area contributed by atoms with Crippen LogP contribution in [0.3, 0.4) is 0 Å². The molecule has 0 radical (unpaired) electrons. The van der Waals surface area contributed by atoms with E-state index in [0.717, 1.165) is 19.4 Å². The summed E-state index contributed by atoms with van der Waals surface area (Å²) in [6, 6.07) is 0. The van der Waals surface area contributed by atoms with Crippen LogP contribution in [0, 0.1) is 5.92 Å². The van der Waals surface area contributed by atoms with Crippen LogP contribution >= 0.6 is 0 Å². The molecule has 5 nitrogen and oxygen atoms in total. The summed E-state index contributed by atoms with van der Waals surface area (Å²) in [6.07, 6.45) is 1.86. The zero-order valence-corrected chi connectivity index (χ0v) is 9.02. The lowest BCUT2D eigenvalue weighted by Gasteiger charge is -2.10. The fraction of sp³-hybridized carbons (Fsp3) is 1.00. The fourth-order valence-corrected chi connectivity index (χ4v) is 1.39. The van der Waals surface area contributed by atoms with Crippen LogP contribution in [-0.4, -0.2) is 28.6 Å². The molecular weight excluding hydrogens is 190 g/mol. The van der Waals surface area contributed by atoms with Gasteiger partial charge < -0.3 is 5.32 Å². The van der Waals surface area contributed by atoms with Gasteiger partial charge in [0.15, 0.2) is 0 Å². The van der Waals surface area contributed by atoms with Crippen LogP contribution in [0.25, 0.3) is 0 Å². The van der Waals surface area contributed by atoms with Crippen molar-refractivity contribution in [3.8, 4) is 0 Å². The quantitative estimate of drug-likeness (QED) is 0.524. The molecule has 0 saturated heterocycles. The molecule has 13 heavy (non-hydrogen) atoms. The molecule has 80 valence electrons. The molecule has 0 aromatic heterocycles. The molecule has 0 aliphatic rings. The second-order valence-electron chi connectivity index (χ2n) is 3.23. The Balaban J connectivity index is 3.42. The second-order valence-corrected chi connectivity index (χ2v) is 4.60. The van der Waals surface area contributed by atoms with Crippen molar-refractivity contribution in [3.63, 3.8) is 0 Å². The standard InChI is InChI=1S/C7H19N3O2S/c1-7(3-5-9-2)4-6-10-13(8,11)12/h7,9-10H,3-6H2,1-2H3,(H2,8,11,12). The van der Waals surface area contributed by atoms with E-state index in [1.807, 2.05) is 7.05 Å². The fourth-order valence-electron chi connectivity index (χ4n) is 0.983. The zero-order valence-electron chi connectivity index (χ0n) is 8.21. The van der Waals surface area contributed by atoms with Crippen molar-refractivity contribution in [1.82, 2.24) is 10.0 Å². The molecule has 6 heteroatoms. The summed E-state index contributed by atoms with van der Waals surface area (Å²) < 4.78 is 23.2. The summed E-state index contributed by atoms with van der Waals surface area (Å²) in [5, 5.41) is 7.81. The number of hydrogen-bond acceptors (Lipinski definition) is 3. The van der Waals surface area contributed by atoms with Gasteiger partial charge in [0.05, 0.1) is 0 Å². The maximum atomic E-state index is 10.5. The number of hydrogen-bond donors (Lipinski definition) is 3. The van der Waals surface area contributed by atoms with Gasteiger partial charge in [-0.25, -0.2) is 9.86 Å². The van der Waals surface area contributed by atoms with Gasteiger partial charge in [-0.3, -0.25) is 0 Å². The Hall–Kier alpha value is -0.170. The highest BCUT2D eigenvalue weighted by Gasteiger charge is 2.04. The van der Waals surface area contributed by atoms with Crippen LogP contribution in [0.1, 0.15) is 19.8 Å². The molecule has 0 rings (SSSR count). The van der Waals surface area contributed by atoms with E-state index in [-0.39, 0.29) is 0 Å². The maximum absolute atomic E-state index is 10.5. The predicted molar refractivity (Wildman–Crippen MR) is 53.4 cm³/mol. The number of rotatable bonds is 7. The van der Waals surface area contributed by atoms with E-state index in [1.165, 1.54) is 0 Å². The Morgan fingerprint density at radius 3 is 2.31 bits per heavy atom. The number of nitrogens with one attached hydrogen (secondary N) is 2. The second kappa shape index (κ2) is 6.31. The Labute approximate surface area is 80.3 Å². The Bertz CT molecular complexity index is 216. The molecule has 0 bridgehead atoms. The largest absolute Gasteiger partial charge is 0.320 e. The van der Waals surface area contributed by atoms with E-state index in [9.17, 15) is 8.42 Å². The van der Waals surface area contributed by atoms with E-state index >= 15 is 0 Å². The molecule has 1 atom stereocenters. The molecule has 0 aliphatic heterocycles. The van der Waals surface area contributed by atoms with E-state index in [0.29, 0.717) is 12.5 Å². The van der Waals surface area contributed by atoms with E-state index in [4.69, 9.17) is 5.14 Å². The third-order valence-electron chi connectivity index (χ3n) is 1.83. The van der Waals surface area contributed by atoms with Crippen LogP contribution in [0.5, 0.6) is 0 Å². The first kappa shape index (κ1) is 12.8. The first-order valence-corrected chi connectivity index (χ1v) is 5.92. The molecule has 0 amide bonds. The summed E-state index contributed by atoms with van der Waals surface area (Å²) >= 11 is 0. The average Bonchev–Trinajstić information content (AvgIpc) is 1.98. The predicted octanol–water partition coefficient (Wildman–Crippen LogP) is -0.585. The topological polar surface area (TPSA) is 84.2 Å². The molecule has 0 aromatic carbocycles. The smallest absolute Gasteiger partial charge is 0.274 e. The first-order chi connectivity index (χ1) is 5.95. The molecule has 0 heterocycles. The van der Waals surface area contributed by atoms with E-state index in [1.54, 1.807) is 0 Å².